The molecule has 2 rings (SSSR count). The number of rotatable bonds is 3. The van der Waals surface area contributed by atoms with Gasteiger partial charge in [-0.25, -0.2) is 0 Å². The lowest BCUT2D eigenvalue weighted by Crippen LogP contribution is -2.51. The molecule has 0 saturated carbocycles. The minimum atomic E-state index is -4.36. The van der Waals surface area contributed by atoms with Crippen LogP contribution in [0, 0.1) is 0 Å². The van der Waals surface area contributed by atoms with Crippen molar-refractivity contribution in [2.75, 3.05) is 37.6 Å². The van der Waals surface area contributed by atoms with E-state index in [0.717, 1.165) is 12.1 Å². The molecule has 9 heteroatoms. The number of anilines is 1. The van der Waals surface area contributed by atoms with Crippen molar-refractivity contribution in [3.8, 4) is 0 Å². The highest BCUT2D eigenvalue weighted by Gasteiger charge is 2.31. The minimum absolute atomic E-state index is 0.122. The van der Waals surface area contributed by atoms with Gasteiger partial charge in [0.1, 0.15) is 0 Å². The van der Waals surface area contributed by atoms with Crippen molar-refractivity contribution in [1.82, 2.24) is 15.8 Å². The molecule has 24 heavy (non-hydrogen) atoms. The Morgan fingerprint density at radius 3 is 2.38 bits per heavy atom. The molecule has 0 atom stereocenters. The summed E-state index contributed by atoms with van der Waals surface area (Å²) in [5.74, 6) is -0.699. The number of hydrazine groups is 1. The summed E-state index contributed by atoms with van der Waals surface area (Å²) in [5.41, 5.74) is 4.34. The molecule has 132 valence electrons. The van der Waals surface area contributed by atoms with E-state index < -0.39 is 11.7 Å². The Morgan fingerprint density at radius 1 is 1.12 bits per heavy atom. The molecule has 0 bridgehead atoms. The van der Waals surface area contributed by atoms with Crippen molar-refractivity contribution in [3.05, 3.63) is 29.8 Å². The average molecular weight is 344 g/mol. The predicted octanol–water partition coefficient (Wildman–Crippen LogP) is 0.995. The van der Waals surface area contributed by atoms with Gasteiger partial charge in [-0.2, -0.15) is 13.2 Å². The number of hydrogen-bond acceptors (Lipinski definition) is 4. The van der Waals surface area contributed by atoms with Crippen LogP contribution in [0.25, 0.3) is 0 Å². The number of nitrogens with zero attached hydrogens (tertiary/aromatic N) is 2. The van der Waals surface area contributed by atoms with Crippen LogP contribution in [0.15, 0.2) is 24.3 Å². The zero-order valence-corrected chi connectivity index (χ0v) is 13.2. The molecule has 6 nitrogen and oxygen atoms in total. The quantitative estimate of drug-likeness (QED) is 0.803. The lowest BCUT2D eigenvalue weighted by atomic mass is 10.1. The molecular formula is C15H19F3N4O2. The number of piperazine rings is 1. The lowest BCUT2D eigenvalue weighted by molar-refractivity contribution is -0.137. The standard InChI is InChI=1S/C15H19F3N4O2/c1-11(23)19-20-14(24)10-21-5-7-22(8-6-21)13-4-2-3-12(9-13)15(16,17)18/h2-4,9H,5-8,10H2,1H3,(H,19,23)(H,20,24). The van der Waals surface area contributed by atoms with E-state index >= 15 is 0 Å². The van der Waals surface area contributed by atoms with Crippen LogP contribution in [0.4, 0.5) is 18.9 Å². The molecular weight excluding hydrogens is 325 g/mol. The largest absolute Gasteiger partial charge is 0.416 e. The molecule has 1 saturated heterocycles. The molecule has 2 amide bonds. The van der Waals surface area contributed by atoms with E-state index in [9.17, 15) is 22.8 Å². The summed E-state index contributed by atoms with van der Waals surface area (Å²) in [4.78, 5) is 26.1. The number of halogens is 3. The van der Waals surface area contributed by atoms with Crippen LogP contribution in [0.3, 0.4) is 0 Å². The summed E-state index contributed by atoms with van der Waals surface area (Å²) in [6, 6.07) is 5.23. The van der Waals surface area contributed by atoms with Gasteiger partial charge < -0.3 is 4.90 Å². The van der Waals surface area contributed by atoms with Gasteiger partial charge in [0.2, 0.25) is 5.91 Å². The third-order valence-corrected chi connectivity index (χ3v) is 3.66. The van der Waals surface area contributed by atoms with Crippen LogP contribution < -0.4 is 15.8 Å². The van der Waals surface area contributed by atoms with Gasteiger partial charge in [-0.05, 0) is 18.2 Å². The summed E-state index contributed by atoms with van der Waals surface area (Å²) in [7, 11) is 0. The van der Waals surface area contributed by atoms with Crippen molar-refractivity contribution in [2.45, 2.75) is 13.1 Å². The number of amides is 2. The van der Waals surface area contributed by atoms with Gasteiger partial charge in [-0.3, -0.25) is 25.3 Å². The van der Waals surface area contributed by atoms with E-state index in [1.165, 1.54) is 13.0 Å². The van der Waals surface area contributed by atoms with E-state index in [2.05, 4.69) is 10.9 Å². The zero-order valence-electron chi connectivity index (χ0n) is 13.2. The lowest BCUT2D eigenvalue weighted by Gasteiger charge is -2.35. The highest BCUT2D eigenvalue weighted by molar-refractivity contribution is 5.81. The second-order valence-corrected chi connectivity index (χ2v) is 5.54. The monoisotopic (exact) mass is 344 g/mol. The first kappa shape index (κ1) is 18.1. The molecule has 1 heterocycles. The van der Waals surface area contributed by atoms with Crippen molar-refractivity contribution in [1.29, 1.82) is 0 Å². The van der Waals surface area contributed by atoms with Crippen molar-refractivity contribution < 1.29 is 22.8 Å². The Morgan fingerprint density at radius 2 is 1.79 bits per heavy atom. The molecule has 0 spiro atoms. The van der Waals surface area contributed by atoms with E-state index in [0.29, 0.717) is 31.9 Å². The van der Waals surface area contributed by atoms with Crippen LogP contribution >= 0.6 is 0 Å². The van der Waals surface area contributed by atoms with Gasteiger partial charge in [-0.15, -0.1) is 0 Å². The van der Waals surface area contributed by atoms with Gasteiger partial charge in [0, 0.05) is 38.8 Å². The molecule has 0 aromatic heterocycles. The van der Waals surface area contributed by atoms with Crippen LogP contribution in [0.5, 0.6) is 0 Å². The first-order valence-corrected chi connectivity index (χ1v) is 7.45. The summed E-state index contributed by atoms with van der Waals surface area (Å²) in [6.07, 6.45) is -4.36. The van der Waals surface area contributed by atoms with Crippen molar-refractivity contribution in [2.24, 2.45) is 0 Å². The van der Waals surface area contributed by atoms with Gasteiger partial charge in [0.05, 0.1) is 12.1 Å². The highest BCUT2D eigenvalue weighted by Crippen LogP contribution is 2.31. The van der Waals surface area contributed by atoms with E-state index in [-0.39, 0.29) is 18.4 Å². The van der Waals surface area contributed by atoms with Gasteiger partial charge in [0.25, 0.3) is 5.91 Å². The van der Waals surface area contributed by atoms with Gasteiger partial charge >= 0.3 is 6.18 Å². The number of hydrogen-bond donors (Lipinski definition) is 2. The normalized spacial score (nSPS) is 15.9. The van der Waals surface area contributed by atoms with Crippen LogP contribution in [0.1, 0.15) is 12.5 Å². The van der Waals surface area contributed by atoms with Crippen LogP contribution in [-0.4, -0.2) is 49.4 Å². The number of carbonyl (C=O) groups excluding carboxylic acids is 2. The molecule has 1 aliphatic rings. The molecule has 1 aliphatic heterocycles. The Labute approximate surface area is 137 Å². The highest BCUT2D eigenvalue weighted by atomic mass is 19.4. The molecule has 0 aliphatic carbocycles. The Bertz CT molecular complexity index is 599. The van der Waals surface area contributed by atoms with E-state index in [4.69, 9.17) is 0 Å². The summed E-state index contributed by atoms with van der Waals surface area (Å²) >= 11 is 0. The molecule has 1 aromatic carbocycles. The van der Waals surface area contributed by atoms with E-state index in [1.807, 2.05) is 9.80 Å². The Balaban J connectivity index is 1.87. The third kappa shape index (κ3) is 5.12. The number of alkyl halides is 3. The molecule has 2 N–H and O–H groups in total. The number of benzene rings is 1. The van der Waals surface area contributed by atoms with E-state index in [1.54, 1.807) is 6.07 Å². The molecule has 1 fully saturated rings. The fourth-order valence-corrected chi connectivity index (χ4v) is 2.44. The second kappa shape index (κ2) is 7.52. The zero-order chi connectivity index (χ0) is 17.7. The van der Waals surface area contributed by atoms with Gasteiger partial charge in [-0.1, -0.05) is 6.07 Å². The maximum Gasteiger partial charge on any atom is 0.416 e. The van der Waals surface area contributed by atoms with Crippen LogP contribution in [0.2, 0.25) is 0 Å². The average Bonchev–Trinajstić information content (AvgIpc) is 2.53. The van der Waals surface area contributed by atoms with Crippen molar-refractivity contribution >= 4 is 17.5 Å². The minimum Gasteiger partial charge on any atom is -0.369 e. The number of nitrogens with one attached hydrogen (secondary N) is 2. The summed E-state index contributed by atoms with van der Waals surface area (Å²) < 4.78 is 38.3. The predicted molar refractivity (Wildman–Crippen MR) is 82.1 cm³/mol. The first-order chi connectivity index (χ1) is 11.3. The fraction of sp³-hybridized carbons (Fsp3) is 0.467. The first-order valence-electron chi connectivity index (χ1n) is 7.45. The smallest absolute Gasteiger partial charge is 0.369 e. The maximum absolute atomic E-state index is 12.8. The molecule has 0 unspecified atom stereocenters. The third-order valence-electron chi connectivity index (χ3n) is 3.66. The molecule has 1 aromatic rings. The molecule has 0 radical (unpaired) electrons. The Kier molecular flexibility index (Phi) is 5.66. The topological polar surface area (TPSA) is 64.7 Å². The number of carbonyl (C=O) groups is 2. The summed E-state index contributed by atoms with van der Waals surface area (Å²) in [5, 5.41) is 0. The second-order valence-electron chi connectivity index (χ2n) is 5.54. The maximum atomic E-state index is 12.8. The van der Waals surface area contributed by atoms with Crippen LogP contribution in [-0.2, 0) is 15.8 Å². The Hall–Kier alpha value is -2.29. The summed E-state index contributed by atoms with van der Waals surface area (Å²) in [6.45, 7) is 3.54. The fourth-order valence-electron chi connectivity index (χ4n) is 2.44. The van der Waals surface area contributed by atoms with Crippen molar-refractivity contribution in [3.63, 3.8) is 0 Å². The van der Waals surface area contributed by atoms with Gasteiger partial charge in [0.15, 0.2) is 0 Å². The SMILES string of the molecule is CC(=O)NNC(=O)CN1CCN(c2cccc(C(F)(F)F)c2)CC1.